The molecule has 0 aliphatic carbocycles. The number of rotatable bonds is 4. The fraction of sp³-hybridized carbons (Fsp3) is 0.333. The van der Waals surface area contributed by atoms with Gasteiger partial charge in [0.1, 0.15) is 15.7 Å². The Labute approximate surface area is 110 Å². The zero-order valence-corrected chi connectivity index (χ0v) is 11.4. The van der Waals surface area contributed by atoms with Crippen LogP contribution >= 0.6 is 0 Å². The van der Waals surface area contributed by atoms with Crippen molar-refractivity contribution in [3.05, 3.63) is 29.6 Å². The highest BCUT2D eigenvalue weighted by Gasteiger charge is 2.12. The van der Waals surface area contributed by atoms with Crippen molar-refractivity contribution in [3.8, 4) is 0 Å². The van der Waals surface area contributed by atoms with Crippen LogP contribution in [-0.2, 0) is 16.4 Å². The van der Waals surface area contributed by atoms with Crippen LogP contribution in [-0.4, -0.2) is 41.1 Å². The topological polar surface area (TPSA) is 89.3 Å². The Morgan fingerprint density at radius 3 is 2.68 bits per heavy atom. The fourth-order valence-corrected chi connectivity index (χ4v) is 2.43. The van der Waals surface area contributed by atoms with E-state index in [-0.39, 0.29) is 17.9 Å². The third-order valence-electron chi connectivity index (χ3n) is 2.87. The standard InChI is InChI=1S/C12H14N2O4S/c1-8-13-10-4-3-9(12(15)16)7-11(10)14(8)5-6-19(2,17)18/h3-4,7H,5-6H2,1-2H3,(H,15,16). The van der Waals surface area contributed by atoms with E-state index in [1.54, 1.807) is 17.6 Å². The molecule has 1 aromatic heterocycles. The highest BCUT2D eigenvalue weighted by Crippen LogP contribution is 2.18. The van der Waals surface area contributed by atoms with Crippen LogP contribution in [0.5, 0.6) is 0 Å². The fourth-order valence-electron chi connectivity index (χ4n) is 1.92. The van der Waals surface area contributed by atoms with Gasteiger partial charge in [-0.25, -0.2) is 18.2 Å². The number of hydrogen-bond acceptors (Lipinski definition) is 4. The van der Waals surface area contributed by atoms with Gasteiger partial charge in [-0.05, 0) is 25.1 Å². The average Bonchev–Trinajstić information content (AvgIpc) is 2.60. The summed E-state index contributed by atoms with van der Waals surface area (Å²) in [7, 11) is -3.08. The Balaban J connectivity index is 2.49. The lowest BCUT2D eigenvalue weighted by Crippen LogP contribution is -2.12. The van der Waals surface area contributed by atoms with Crippen LogP contribution in [0.25, 0.3) is 11.0 Å². The molecule has 0 amide bonds. The Hall–Kier alpha value is -1.89. The minimum absolute atomic E-state index is 0.00337. The second-order valence-corrected chi connectivity index (χ2v) is 6.71. The quantitative estimate of drug-likeness (QED) is 0.906. The first kappa shape index (κ1) is 13.5. The summed E-state index contributed by atoms with van der Waals surface area (Å²) in [5, 5.41) is 8.98. The minimum Gasteiger partial charge on any atom is -0.478 e. The predicted molar refractivity (Wildman–Crippen MR) is 71.1 cm³/mol. The van der Waals surface area contributed by atoms with Gasteiger partial charge >= 0.3 is 5.97 Å². The molecule has 0 atom stereocenters. The van der Waals surface area contributed by atoms with E-state index in [4.69, 9.17) is 5.11 Å². The minimum atomic E-state index is -3.08. The van der Waals surface area contributed by atoms with E-state index in [0.29, 0.717) is 16.9 Å². The molecule has 0 unspecified atom stereocenters. The summed E-state index contributed by atoms with van der Waals surface area (Å²) in [4.78, 5) is 15.2. The average molecular weight is 282 g/mol. The molecule has 0 spiro atoms. The molecule has 0 radical (unpaired) electrons. The van der Waals surface area contributed by atoms with Crippen LogP contribution in [0.2, 0.25) is 0 Å². The summed E-state index contributed by atoms with van der Waals surface area (Å²) >= 11 is 0. The van der Waals surface area contributed by atoms with Crippen molar-refractivity contribution in [2.45, 2.75) is 13.5 Å². The van der Waals surface area contributed by atoms with Gasteiger partial charge < -0.3 is 9.67 Å². The molecule has 0 fully saturated rings. The highest BCUT2D eigenvalue weighted by molar-refractivity contribution is 7.90. The van der Waals surface area contributed by atoms with Gasteiger partial charge in [0.05, 0.1) is 22.3 Å². The molecule has 19 heavy (non-hydrogen) atoms. The molecule has 0 saturated heterocycles. The lowest BCUT2D eigenvalue weighted by Gasteiger charge is -2.06. The van der Waals surface area contributed by atoms with Crippen LogP contribution in [0, 0.1) is 6.92 Å². The predicted octanol–water partition coefficient (Wildman–Crippen LogP) is 1.09. The molecule has 1 N–H and O–H groups in total. The summed E-state index contributed by atoms with van der Waals surface area (Å²) in [5.41, 5.74) is 1.46. The second kappa shape index (κ2) is 4.65. The van der Waals surface area contributed by atoms with Gasteiger partial charge in [-0.2, -0.15) is 0 Å². The molecule has 2 rings (SSSR count). The summed E-state index contributed by atoms with van der Waals surface area (Å²) in [5.74, 6) is -0.354. The molecule has 7 heteroatoms. The highest BCUT2D eigenvalue weighted by atomic mass is 32.2. The van der Waals surface area contributed by atoms with Crippen LogP contribution in [0.3, 0.4) is 0 Å². The van der Waals surface area contributed by atoms with Gasteiger partial charge in [-0.1, -0.05) is 0 Å². The number of nitrogens with zero attached hydrogens (tertiary/aromatic N) is 2. The first-order valence-corrected chi connectivity index (χ1v) is 7.72. The summed E-state index contributed by atoms with van der Waals surface area (Å²) in [6.45, 7) is 2.03. The van der Waals surface area contributed by atoms with E-state index in [2.05, 4.69) is 4.98 Å². The first-order valence-electron chi connectivity index (χ1n) is 5.66. The maximum atomic E-state index is 11.2. The Kier molecular flexibility index (Phi) is 3.32. The monoisotopic (exact) mass is 282 g/mol. The van der Waals surface area contributed by atoms with Crippen molar-refractivity contribution in [1.29, 1.82) is 0 Å². The summed E-state index contributed by atoms with van der Waals surface area (Å²) in [6.07, 6.45) is 1.17. The molecule has 0 aliphatic heterocycles. The van der Waals surface area contributed by atoms with E-state index in [1.165, 1.54) is 18.4 Å². The number of hydrogen-bond donors (Lipinski definition) is 1. The molecular weight excluding hydrogens is 268 g/mol. The Bertz CT molecular complexity index is 746. The van der Waals surface area contributed by atoms with Crippen LogP contribution in [0.4, 0.5) is 0 Å². The van der Waals surface area contributed by atoms with Crippen molar-refractivity contribution < 1.29 is 18.3 Å². The lowest BCUT2D eigenvalue weighted by atomic mass is 10.2. The molecular formula is C12H14N2O4S. The number of benzene rings is 1. The second-order valence-electron chi connectivity index (χ2n) is 4.45. The third kappa shape index (κ3) is 2.93. The van der Waals surface area contributed by atoms with Crippen molar-refractivity contribution >= 4 is 26.8 Å². The first-order chi connectivity index (χ1) is 8.78. The maximum absolute atomic E-state index is 11.2. The zero-order chi connectivity index (χ0) is 14.2. The summed E-state index contributed by atoms with van der Waals surface area (Å²) in [6, 6.07) is 4.63. The SMILES string of the molecule is Cc1nc2ccc(C(=O)O)cc2n1CCS(C)(=O)=O. The van der Waals surface area contributed by atoms with Crippen LogP contribution < -0.4 is 0 Å². The van der Waals surface area contributed by atoms with Gasteiger partial charge in [0, 0.05) is 12.8 Å². The number of carbonyl (C=O) groups is 1. The number of carboxylic acids is 1. The van der Waals surface area contributed by atoms with Gasteiger partial charge in [0.15, 0.2) is 0 Å². The maximum Gasteiger partial charge on any atom is 0.335 e. The number of imidazole rings is 1. The lowest BCUT2D eigenvalue weighted by molar-refractivity contribution is 0.0697. The number of sulfone groups is 1. The molecule has 6 nitrogen and oxygen atoms in total. The van der Waals surface area contributed by atoms with Crippen LogP contribution in [0.1, 0.15) is 16.2 Å². The number of aromatic carboxylic acids is 1. The van der Waals surface area contributed by atoms with Crippen molar-refractivity contribution in [2.24, 2.45) is 0 Å². The van der Waals surface area contributed by atoms with Crippen LogP contribution in [0.15, 0.2) is 18.2 Å². The van der Waals surface area contributed by atoms with Crippen molar-refractivity contribution in [1.82, 2.24) is 9.55 Å². The normalized spacial score (nSPS) is 11.9. The van der Waals surface area contributed by atoms with E-state index >= 15 is 0 Å². The molecule has 0 saturated carbocycles. The number of carboxylic acid groups (broad SMARTS) is 1. The molecule has 0 bridgehead atoms. The van der Waals surface area contributed by atoms with Crippen molar-refractivity contribution in [3.63, 3.8) is 0 Å². The molecule has 2 aromatic rings. The zero-order valence-electron chi connectivity index (χ0n) is 10.6. The van der Waals surface area contributed by atoms with E-state index in [0.717, 1.165) is 0 Å². The third-order valence-corrected chi connectivity index (χ3v) is 3.80. The Morgan fingerprint density at radius 1 is 1.42 bits per heavy atom. The van der Waals surface area contributed by atoms with Gasteiger partial charge in [-0.3, -0.25) is 0 Å². The van der Waals surface area contributed by atoms with Gasteiger partial charge in [-0.15, -0.1) is 0 Å². The van der Waals surface area contributed by atoms with Crippen molar-refractivity contribution in [2.75, 3.05) is 12.0 Å². The molecule has 102 valence electrons. The van der Waals surface area contributed by atoms with E-state index in [9.17, 15) is 13.2 Å². The van der Waals surface area contributed by atoms with Gasteiger partial charge in [0.2, 0.25) is 0 Å². The molecule has 1 heterocycles. The number of fused-ring (bicyclic) bond motifs is 1. The summed E-state index contributed by atoms with van der Waals surface area (Å²) < 4.78 is 24.2. The number of aryl methyl sites for hydroxylation is 2. The number of aromatic nitrogens is 2. The smallest absolute Gasteiger partial charge is 0.335 e. The molecule has 0 aliphatic rings. The Morgan fingerprint density at radius 2 is 2.11 bits per heavy atom. The van der Waals surface area contributed by atoms with Gasteiger partial charge in [0.25, 0.3) is 0 Å². The largest absolute Gasteiger partial charge is 0.478 e. The van der Waals surface area contributed by atoms with E-state index < -0.39 is 15.8 Å². The molecule has 1 aromatic carbocycles. The van der Waals surface area contributed by atoms with E-state index in [1.807, 2.05) is 0 Å².